The van der Waals surface area contributed by atoms with Crippen molar-refractivity contribution in [3.05, 3.63) is 28.8 Å². The lowest BCUT2D eigenvalue weighted by molar-refractivity contribution is 0.0860. The molecule has 3 aliphatic rings. The minimum atomic E-state index is 0.156. The standard InChI is InChI=1S/C19H25NO2/c1-22-16-9-8-13-6-5-7-14-15(19(21)18(16)17(13)14)12-20-10-3-2-4-11-20/h8-9,14-15H,2-7,10-12H2,1H3. The molecule has 1 heterocycles. The number of piperidine rings is 1. The zero-order chi connectivity index (χ0) is 15.1. The number of hydrogen-bond acceptors (Lipinski definition) is 3. The lowest BCUT2D eigenvalue weighted by Gasteiger charge is -2.32. The van der Waals surface area contributed by atoms with E-state index in [1.807, 2.05) is 6.07 Å². The first kappa shape index (κ1) is 14.3. The number of benzene rings is 1. The molecule has 2 unspecified atom stereocenters. The summed E-state index contributed by atoms with van der Waals surface area (Å²) in [5.74, 6) is 1.72. The third-order valence-corrected chi connectivity index (χ3v) is 5.82. The zero-order valence-corrected chi connectivity index (χ0v) is 13.4. The highest BCUT2D eigenvalue weighted by Gasteiger charge is 2.44. The Kier molecular flexibility index (Phi) is 3.69. The fourth-order valence-corrected chi connectivity index (χ4v) is 4.77. The summed E-state index contributed by atoms with van der Waals surface area (Å²) in [6.07, 6.45) is 7.41. The van der Waals surface area contributed by atoms with Crippen molar-refractivity contribution in [3.8, 4) is 5.75 Å². The van der Waals surface area contributed by atoms with E-state index in [0.29, 0.717) is 11.7 Å². The van der Waals surface area contributed by atoms with Gasteiger partial charge in [-0.05, 0) is 68.3 Å². The lowest BCUT2D eigenvalue weighted by atomic mass is 9.80. The van der Waals surface area contributed by atoms with Crippen LogP contribution in [0.15, 0.2) is 12.1 Å². The van der Waals surface area contributed by atoms with E-state index >= 15 is 0 Å². The highest BCUT2D eigenvalue weighted by Crippen LogP contribution is 2.49. The fourth-order valence-electron chi connectivity index (χ4n) is 4.77. The zero-order valence-electron chi connectivity index (χ0n) is 13.4. The van der Waals surface area contributed by atoms with Crippen LogP contribution in [0.25, 0.3) is 0 Å². The molecule has 1 aliphatic heterocycles. The molecule has 2 atom stereocenters. The number of ether oxygens (including phenoxy) is 1. The van der Waals surface area contributed by atoms with Gasteiger partial charge in [0.25, 0.3) is 0 Å². The predicted octanol–water partition coefficient (Wildman–Crippen LogP) is 3.41. The first-order chi connectivity index (χ1) is 10.8. The van der Waals surface area contributed by atoms with E-state index in [9.17, 15) is 4.79 Å². The van der Waals surface area contributed by atoms with Gasteiger partial charge in [0.05, 0.1) is 12.7 Å². The van der Waals surface area contributed by atoms with E-state index in [-0.39, 0.29) is 5.92 Å². The Labute approximate surface area is 132 Å². The molecule has 22 heavy (non-hydrogen) atoms. The molecule has 0 spiro atoms. The Morgan fingerprint density at radius 3 is 2.77 bits per heavy atom. The Balaban J connectivity index is 1.68. The summed E-state index contributed by atoms with van der Waals surface area (Å²) in [6, 6.07) is 4.18. The van der Waals surface area contributed by atoms with Crippen molar-refractivity contribution in [2.24, 2.45) is 5.92 Å². The maximum absolute atomic E-state index is 13.1. The number of hydrogen-bond donors (Lipinski definition) is 0. The number of aryl methyl sites for hydroxylation is 1. The molecule has 1 saturated heterocycles. The Hall–Kier alpha value is -1.35. The van der Waals surface area contributed by atoms with Crippen LogP contribution in [-0.2, 0) is 6.42 Å². The molecule has 2 aliphatic carbocycles. The minimum Gasteiger partial charge on any atom is -0.496 e. The summed E-state index contributed by atoms with van der Waals surface area (Å²) in [5.41, 5.74) is 3.63. The second kappa shape index (κ2) is 5.69. The number of Topliss-reactive ketones (excluding diaryl/α,β-unsaturated/α-hetero) is 1. The summed E-state index contributed by atoms with van der Waals surface area (Å²) in [7, 11) is 1.68. The molecule has 3 heteroatoms. The molecule has 118 valence electrons. The third-order valence-electron chi connectivity index (χ3n) is 5.82. The molecule has 0 aromatic heterocycles. The molecule has 4 rings (SSSR count). The van der Waals surface area contributed by atoms with Crippen molar-refractivity contribution in [1.29, 1.82) is 0 Å². The number of ketones is 1. The maximum atomic E-state index is 13.1. The van der Waals surface area contributed by atoms with Crippen molar-refractivity contribution >= 4 is 5.78 Å². The van der Waals surface area contributed by atoms with Crippen LogP contribution in [0.5, 0.6) is 5.75 Å². The van der Waals surface area contributed by atoms with Crippen LogP contribution in [0.3, 0.4) is 0 Å². The number of nitrogens with zero attached hydrogens (tertiary/aromatic N) is 1. The highest BCUT2D eigenvalue weighted by molar-refractivity contribution is 6.06. The second-order valence-corrected chi connectivity index (χ2v) is 7.05. The van der Waals surface area contributed by atoms with E-state index in [1.165, 1.54) is 36.8 Å². The number of methoxy groups -OCH3 is 1. The average Bonchev–Trinajstić information content (AvgIpc) is 2.85. The van der Waals surface area contributed by atoms with Gasteiger partial charge in [0.2, 0.25) is 0 Å². The van der Waals surface area contributed by atoms with E-state index < -0.39 is 0 Å². The van der Waals surface area contributed by atoms with Gasteiger partial charge in [-0.15, -0.1) is 0 Å². The molecule has 0 saturated carbocycles. The highest BCUT2D eigenvalue weighted by atomic mass is 16.5. The van der Waals surface area contributed by atoms with Crippen LogP contribution in [0.1, 0.15) is 59.5 Å². The van der Waals surface area contributed by atoms with E-state index in [0.717, 1.165) is 43.8 Å². The molecular formula is C19H25NO2. The van der Waals surface area contributed by atoms with Crippen LogP contribution >= 0.6 is 0 Å². The van der Waals surface area contributed by atoms with Crippen molar-refractivity contribution < 1.29 is 9.53 Å². The van der Waals surface area contributed by atoms with Gasteiger partial charge in [-0.3, -0.25) is 4.79 Å². The number of carbonyl (C=O) groups excluding carboxylic acids is 1. The fraction of sp³-hybridized carbons (Fsp3) is 0.632. The van der Waals surface area contributed by atoms with Crippen LogP contribution in [-0.4, -0.2) is 37.4 Å². The average molecular weight is 299 g/mol. The number of likely N-dealkylation sites (tertiary alicyclic amines) is 1. The van der Waals surface area contributed by atoms with Gasteiger partial charge >= 0.3 is 0 Å². The van der Waals surface area contributed by atoms with Crippen molar-refractivity contribution in [1.82, 2.24) is 4.90 Å². The topological polar surface area (TPSA) is 29.5 Å². The quantitative estimate of drug-likeness (QED) is 0.856. The minimum absolute atomic E-state index is 0.156. The van der Waals surface area contributed by atoms with E-state index in [1.54, 1.807) is 7.11 Å². The molecular weight excluding hydrogens is 274 g/mol. The van der Waals surface area contributed by atoms with Crippen molar-refractivity contribution in [2.75, 3.05) is 26.7 Å². The van der Waals surface area contributed by atoms with Crippen LogP contribution in [0.4, 0.5) is 0 Å². The molecule has 1 aromatic carbocycles. The lowest BCUT2D eigenvalue weighted by Crippen LogP contribution is -2.37. The summed E-state index contributed by atoms with van der Waals surface area (Å²) < 4.78 is 5.50. The summed E-state index contributed by atoms with van der Waals surface area (Å²) in [6.45, 7) is 3.27. The normalized spacial score (nSPS) is 27.8. The molecule has 0 bridgehead atoms. The van der Waals surface area contributed by atoms with Crippen molar-refractivity contribution in [3.63, 3.8) is 0 Å². The van der Waals surface area contributed by atoms with Crippen LogP contribution in [0, 0.1) is 5.92 Å². The third kappa shape index (κ3) is 2.18. The van der Waals surface area contributed by atoms with Gasteiger partial charge in [0.1, 0.15) is 5.75 Å². The van der Waals surface area contributed by atoms with E-state index in [2.05, 4.69) is 11.0 Å². The SMILES string of the molecule is COc1ccc2c3c1C(=O)C(CN1CCCCC1)C3CCC2. The van der Waals surface area contributed by atoms with Gasteiger partial charge in [-0.25, -0.2) is 0 Å². The molecule has 1 fully saturated rings. The number of carbonyl (C=O) groups is 1. The van der Waals surface area contributed by atoms with Gasteiger partial charge < -0.3 is 9.64 Å². The first-order valence-corrected chi connectivity index (χ1v) is 8.76. The Morgan fingerprint density at radius 1 is 1.18 bits per heavy atom. The predicted molar refractivity (Wildman–Crippen MR) is 86.8 cm³/mol. The first-order valence-electron chi connectivity index (χ1n) is 8.76. The smallest absolute Gasteiger partial charge is 0.171 e. The molecule has 1 aromatic rings. The summed E-state index contributed by atoms with van der Waals surface area (Å²) in [4.78, 5) is 15.6. The van der Waals surface area contributed by atoms with Gasteiger partial charge in [-0.1, -0.05) is 12.5 Å². The van der Waals surface area contributed by atoms with E-state index in [4.69, 9.17) is 4.74 Å². The molecule has 0 radical (unpaired) electrons. The van der Waals surface area contributed by atoms with Crippen molar-refractivity contribution in [2.45, 2.75) is 44.4 Å². The monoisotopic (exact) mass is 299 g/mol. The molecule has 3 nitrogen and oxygen atoms in total. The second-order valence-electron chi connectivity index (χ2n) is 7.05. The van der Waals surface area contributed by atoms with Gasteiger partial charge in [0, 0.05) is 12.5 Å². The molecule has 0 amide bonds. The molecule has 0 N–H and O–H groups in total. The number of rotatable bonds is 3. The van der Waals surface area contributed by atoms with Gasteiger partial charge in [0.15, 0.2) is 5.78 Å². The maximum Gasteiger partial charge on any atom is 0.171 e. The summed E-state index contributed by atoms with van der Waals surface area (Å²) >= 11 is 0. The summed E-state index contributed by atoms with van der Waals surface area (Å²) in [5, 5.41) is 0. The Morgan fingerprint density at radius 2 is 2.00 bits per heavy atom. The Bertz CT molecular complexity index is 589. The van der Waals surface area contributed by atoms with Gasteiger partial charge in [-0.2, -0.15) is 0 Å². The largest absolute Gasteiger partial charge is 0.496 e. The van der Waals surface area contributed by atoms with Crippen LogP contribution < -0.4 is 4.74 Å². The van der Waals surface area contributed by atoms with Crippen LogP contribution in [0.2, 0.25) is 0 Å².